The summed E-state index contributed by atoms with van der Waals surface area (Å²) < 4.78 is 39.9. The van der Waals surface area contributed by atoms with Crippen molar-refractivity contribution in [3.63, 3.8) is 0 Å². The zero-order chi connectivity index (χ0) is 13.3. The van der Waals surface area contributed by atoms with Gasteiger partial charge in [-0.3, -0.25) is 0 Å². The molecular weight excluding hydrogens is 275 g/mol. The number of rotatable bonds is 4. The maximum atomic E-state index is 13.4. The van der Waals surface area contributed by atoms with Crippen LogP contribution in [0.1, 0.15) is 24.8 Å². The third-order valence-corrected chi connectivity index (χ3v) is 4.68. The molecule has 1 aromatic rings. The van der Waals surface area contributed by atoms with Crippen LogP contribution in [0.3, 0.4) is 0 Å². The molecule has 0 saturated heterocycles. The van der Waals surface area contributed by atoms with E-state index in [9.17, 15) is 12.8 Å². The Labute approximate surface area is 110 Å². The molecule has 1 aliphatic rings. The minimum absolute atomic E-state index is 0.0152. The summed E-state index contributed by atoms with van der Waals surface area (Å²) in [6.07, 6.45) is 2.69. The van der Waals surface area contributed by atoms with Gasteiger partial charge in [-0.1, -0.05) is 18.6 Å². The van der Waals surface area contributed by atoms with E-state index in [1.807, 2.05) is 0 Å². The van der Waals surface area contributed by atoms with Gasteiger partial charge < -0.3 is 5.73 Å². The van der Waals surface area contributed by atoms with Gasteiger partial charge in [-0.15, -0.1) is 0 Å². The van der Waals surface area contributed by atoms with Crippen molar-refractivity contribution < 1.29 is 12.8 Å². The van der Waals surface area contributed by atoms with Crippen LogP contribution >= 0.6 is 12.2 Å². The Morgan fingerprint density at radius 1 is 1.44 bits per heavy atom. The molecule has 1 fully saturated rings. The lowest BCUT2D eigenvalue weighted by Gasteiger charge is -2.26. The fraction of sp³-hybridized carbons (Fsp3) is 0.364. The zero-order valence-electron chi connectivity index (χ0n) is 9.52. The van der Waals surface area contributed by atoms with Crippen LogP contribution in [0.15, 0.2) is 23.1 Å². The largest absolute Gasteiger partial charge is 0.389 e. The van der Waals surface area contributed by atoms with Crippen molar-refractivity contribution in [2.75, 3.05) is 0 Å². The summed E-state index contributed by atoms with van der Waals surface area (Å²) in [5.74, 6) is -0.620. The smallest absolute Gasteiger partial charge is 0.240 e. The van der Waals surface area contributed by atoms with Gasteiger partial charge in [0.05, 0.1) is 4.90 Å². The molecule has 0 aliphatic heterocycles. The molecule has 4 nitrogen and oxygen atoms in total. The molecular formula is C11H13FN2O2S2. The molecule has 0 atom stereocenters. The van der Waals surface area contributed by atoms with E-state index in [-0.39, 0.29) is 21.5 Å². The van der Waals surface area contributed by atoms with E-state index in [1.54, 1.807) is 0 Å². The zero-order valence-corrected chi connectivity index (χ0v) is 11.2. The summed E-state index contributed by atoms with van der Waals surface area (Å²) in [7, 11) is -3.62. The first-order chi connectivity index (χ1) is 8.40. The molecule has 1 saturated carbocycles. The maximum Gasteiger partial charge on any atom is 0.240 e. The summed E-state index contributed by atoms with van der Waals surface area (Å²) in [5, 5.41) is 0. The Bertz CT molecular complexity index is 583. The second-order valence-corrected chi connectivity index (χ2v) is 6.41. The Hall–Kier alpha value is -1.05. The Balaban J connectivity index is 2.32. The first kappa shape index (κ1) is 13.4. The molecule has 0 aromatic heterocycles. The van der Waals surface area contributed by atoms with Gasteiger partial charge in [0.15, 0.2) is 0 Å². The van der Waals surface area contributed by atoms with Crippen molar-refractivity contribution in [3.05, 3.63) is 29.6 Å². The van der Waals surface area contributed by atoms with Crippen LogP contribution in [-0.4, -0.2) is 19.4 Å². The quantitative estimate of drug-likeness (QED) is 0.819. The lowest BCUT2D eigenvalue weighted by atomic mass is 9.94. The summed E-state index contributed by atoms with van der Waals surface area (Å²) >= 11 is 4.68. The van der Waals surface area contributed by atoms with Crippen LogP contribution in [0.4, 0.5) is 4.39 Å². The third kappa shape index (κ3) is 2.68. The molecule has 3 N–H and O–H groups in total. The number of halogens is 1. The summed E-state index contributed by atoms with van der Waals surface area (Å²) in [4.78, 5) is -0.174. The molecule has 98 valence electrons. The standard InChI is InChI=1S/C11H13FN2O2S2/c12-10-5-4-8(6-9(10)11(13)17)18(15,16)14-7-2-1-3-7/h4-7,14H,1-3H2,(H2,13,17). The molecule has 0 bridgehead atoms. The maximum absolute atomic E-state index is 13.4. The second-order valence-electron chi connectivity index (χ2n) is 4.26. The highest BCUT2D eigenvalue weighted by molar-refractivity contribution is 7.89. The van der Waals surface area contributed by atoms with Crippen molar-refractivity contribution in [1.29, 1.82) is 0 Å². The number of benzene rings is 1. The van der Waals surface area contributed by atoms with Gasteiger partial charge >= 0.3 is 0 Å². The van der Waals surface area contributed by atoms with Crippen LogP contribution < -0.4 is 10.5 Å². The van der Waals surface area contributed by atoms with E-state index < -0.39 is 15.8 Å². The molecule has 1 aliphatic carbocycles. The van der Waals surface area contributed by atoms with E-state index in [4.69, 9.17) is 5.73 Å². The highest BCUT2D eigenvalue weighted by atomic mass is 32.2. The molecule has 0 radical (unpaired) electrons. The SMILES string of the molecule is NC(=S)c1cc(S(=O)(=O)NC2CCC2)ccc1F. The Kier molecular flexibility index (Phi) is 3.65. The van der Waals surface area contributed by atoms with Crippen molar-refractivity contribution in [3.8, 4) is 0 Å². The summed E-state index contributed by atoms with van der Waals surface area (Å²) in [6, 6.07) is 3.41. The molecule has 0 heterocycles. The van der Waals surface area contributed by atoms with Crippen molar-refractivity contribution >= 4 is 27.2 Å². The number of hydrogen-bond acceptors (Lipinski definition) is 3. The number of thiocarbonyl (C=S) groups is 1. The number of hydrogen-bond donors (Lipinski definition) is 2. The number of sulfonamides is 1. The van der Waals surface area contributed by atoms with Gasteiger partial charge in [0, 0.05) is 11.6 Å². The Morgan fingerprint density at radius 3 is 2.61 bits per heavy atom. The first-order valence-electron chi connectivity index (χ1n) is 5.52. The third-order valence-electron chi connectivity index (χ3n) is 2.94. The molecule has 2 rings (SSSR count). The lowest BCUT2D eigenvalue weighted by molar-refractivity contribution is 0.383. The minimum Gasteiger partial charge on any atom is -0.389 e. The average Bonchev–Trinajstić information content (AvgIpc) is 2.23. The van der Waals surface area contributed by atoms with E-state index in [1.165, 1.54) is 12.1 Å². The van der Waals surface area contributed by atoms with Crippen molar-refractivity contribution in [1.82, 2.24) is 4.72 Å². The predicted octanol–water partition coefficient (Wildman–Crippen LogP) is 1.29. The van der Waals surface area contributed by atoms with Crippen LogP contribution in [0.25, 0.3) is 0 Å². The number of nitrogens with one attached hydrogen (secondary N) is 1. The van der Waals surface area contributed by atoms with Crippen LogP contribution in [-0.2, 0) is 10.0 Å². The Morgan fingerprint density at radius 2 is 2.11 bits per heavy atom. The van der Waals surface area contributed by atoms with Crippen LogP contribution in [0, 0.1) is 5.82 Å². The summed E-state index contributed by atoms with van der Waals surface area (Å²) in [6.45, 7) is 0. The second kappa shape index (κ2) is 4.91. The van der Waals surface area contributed by atoms with Crippen LogP contribution in [0.5, 0.6) is 0 Å². The van der Waals surface area contributed by atoms with Gasteiger partial charge in [-0.2, -0.15) is 0 Å². The van der Waals surface area contributed by atoms with E-state index in [0.717, 1.165) is 25.3 Å². The summed E-state index contributed by atoms with van der Waals surface area (Å²) in [5.41, 5.74) is 5.29. The molecule has 0 unspecified atom stereocenters. The number of nitrogens with two attached hydrogens (primary N) is 1. The van der Waals surface area contributed by atoms with Crippen molar-refractivity contribution in [2.45, 2.75) is 30.2 Å². The fourth-order valence-corrected chi connectivity index (χ4v) is 3.16. The normalized spacial score (nSPS) is 16.3. The highest BCUT2D eigenvalue weighted by Crippen LogP contribution is 2.22. The van der Waals surface area contributed by atoms with E-state index in [0.29, 0.717) is 0 Å². The van der Waals surface area contributed by atoms with Gasteiger partial charge in [-0.05, 0) is 31.0 Å². The molecule has 0 spiro atoms. The molecule has 0 amide bonds. The van der Waals surface area contributed by atoms with Gasteiger partial charge in [0.2, 0.25) is 10.0 Å². The topological polar surface area (TPSA) is 72.2 Å². The molecule has 7 heteroatoms. The molecule has 18 heavy (non-hydrogen) atoms. The monoisotopic (exact) mass is 288 g/mol. The first-order valence-corrected chi connectivity index (χ1v) is 7.41. The van der Waals surface area contributed by atoms with Gasteiger partial charge in [0.25, 0.3) is 0 Å². The fourth-order valence-electron chi connectivity index (χ4n) is 1.67. The van der Waals surface area contributed by atoms with Gasteiger partial charge in [0.1, 0.15) is 10.8 Å². The van der Waals surface area contributed by atoms with Gasteiger partial charge in [-0.25, -0.2) is 17.5 Å². The lowest BCUT2D eigenvalue weighted by Crippen LogP contribution is -2.39. The molecule has 1 aromatic carbocycles. The van der Waals surface area contributed by atoms with Crippen molar-refractivity contribution in [2.24, 2.45) is 5.73 Å². The van der Waals surface area contributed by atoms with E-state index in [2.05, 4.69) is 16.9 Å². The van der Waals surface area contributed by atoms with Crippen LogP contribution in [0.2, 0.25) is 0 Å². The highest BCUT2D eigenvalue weighted by Gasteiger charge is 2.25. The predicted molar refractivity (Wildman–Crippen MR) is 70.2 cm³/mol. The van der Waals surface area contributed by atoms with E-state index >= 15 is 0 Å². The average molecular weight is 288 g/mol. The minimum atomic E-state index is -3.62.